The van der Waals surface area contributed by atoms with Crippen LogP contribution in [0.2, 0.25) is 0 Å². The minimum absolute atomic E-state index is 0.0566. The standard InChI is InChI=1S/C24H31F5N6O/c1-16(2)33-9-11-35(12-10-33)18-5-7-34(8-6-18)19-3-4-20(21(13-19)36-22(25)26)32-23-30-14-17(15-31-23)24(27,28)29/h3-4,13-16,18,22H,5-12H2,1-2H3,(H,30,31,32)/i14D. The lowest BCUT2D eigenvalue weighted by atomic mass is 10.0. The highest BCUT2D eigenvalue weighted by atomic mass is 19.4. The molecular weight excluding hydrogens is 483 g/mol. The maximum Gasteiger partial charge on any atom is 0.419 e. The molecule has 0 spiro atoms. The van der Waals surface area contributed by atoms with E-state index in [9.17, 15) is 22.0 Å². The van der Waals surface area contributed by atoms with Crippen molar-refractivity contribution in [3.8, 4) is 5.75 Å². The van der Waals surface area contributed by atoms with E-state index in [1.165, 1.54) is 12.1 Å². The van der Waals surface area contributed by atoms with E-state index in [1.807, 2.05) is 0 Å². The predicted molar refractivity (Wildman–Crippen MR) is 127 cm³/mol. The number of benzene rings is 1. The molecule has 0 radical (unpaired) electrons. The van der Waals surface area contributed by atoms with Gasteiger partial charge >= 0.3 is 12.8 Å². The third-order valence-corrected chi connectivity index (χ3v) is 6.76. The number of halogens is 5. The number of anilines is 3. The molecule has 2 fully saturated rings. The number of alkyl halides is 5. The fraction of sp³-hybridized carbons (Fsp3) is 0.583. The van der Waals surface area contributed by atoms with Crippen molar-refractivity contribution in [2.24, 2.45) is 0 Å². The van der Waals surface area contributed by atoms with Crippen molar-refractivity contribution in [3.05, 3.63) is 36.1 Å². The minimum atomic E-state index is -4.77. The van der Waals surface area contributed by atoms with Crippen molar-refractivity contribution in [2.45, 2.75) is 51.6 Å². The summed E-state index contributed by atoms with van der Waals surface area (Å²) < 4.78 is 77.1. The third-order valence-electron chi connectivity index (χ3n) is 6.76. The van der Waals surface area contributed by atoms with E-state index in [1.54, 1.807) is 6.07 Å². The van der Waals surface area contributed by atoms with Gasteiger partial charge in [-0.2, -0.15) is 22.0 Å². The summed E-state index contributed by atoms with van der Waals surface area (Å²) in [5.74, 6) is -0.516. The largest absolute Gasteiger partial charge is 0.433 e. The Kier molecular flexibility index (Phi) is 7.70. The van der Waals surface area contributed by atoms with Gasteiger partial charge in [0.2, 0.25) is 5.95 Å². The topological polar surface area (TPSA) is 56.8 Å². The molecule has 0 saturated carbocycles. The van der Waals surface area contributed by atoms with Crippen LogP contribution in [0.4, 0.5) is 39.3 Å². The second-order valence-electron chi connectivity index (χ2n) is 9.28. The van der Waals surface area contributed by atoms with E-state index >= 15 is 0 Å². The average Bonchev–Trinajstić information content (AvgIpc) is 2.84. The van der Waals surface area contributed by atoms with Gasteiger partial charge in [-0.05, 0) is 38.8 Å². The summed E-state index contributed by atoms with van der Waals surface area (Å²) in [5, 5.41) is 2.59. The Morgan fingerprint density at radius 1 is 1.06 bits per heavy atom. The summed E-state index contributed by atoms with van der Waals surface area (Å²) in [7, 11) is 0. The van der Waals surface area contributed by atoms with E-state index in [-0.39, 0.29) is 17.4 Å². The Morgan fingerprint density at radius 3 is 2.33 bits per heavy atom. The number of nitrogens with zero attached hydrogens (tertiary/aromatic N) is 5. The van der Waals surface area contributed by atoms with Crippen LogP contribution in [-0.2, 0) is 6.18 Å². The maximum absolute atomic E-state index is 13.1. The van der Waals surface area contributed by atoms with Gasteiger partial charge < -0.3 is 15.0 Å². The van der Waals surface area contributed by atoms with Crippen LogP contribution in [0.15, 0.2) is 30.6 Å². The number of aromatic nitrogens is 2. The molecule has 1 N–H and O–H groups in total. The summed E-state index contributed by atoms with van der Waals surface area (Å²) in [6.07, 6.45) is -3.40. The van der Waals surface area contributed by atoms with Gasteiger partial charge in [0.15, 0.2) is 5.75 Å². The monoisotopic (exact) mass is 515 g/mol. The number of hydrogen-bond donors (Lipinski definition) is 1. The van der Waals surface area contributed by atoms with Crippen LogP contribution < -0.4 is 15.0 Å². The maximum atomic E-state index is 13.1. The van der Waals surface area contributed by atoms with Crippen LogP contribution in [-0.4, -0.2) is 77.7 Å². The Bertz CT molecular complexity index is 1060. The molecule has 198 valence electrons. The van der Waals surface area contributed by atoms with Crippen LogP contribution in [0.25, 0.3) is 0 Å². The molecule has 0 atom stereocenters. The highest BCUT2D eigenvalue weighted by molar-refractivity contribution is 5.68. The first kappa shape index (κ1) is 24.9. The fourth-order valence-electron chi connectivity index (χ4n) is 4.73. The van der Waals surface area contributed by atoms with E-state index in [2.05, 4.69) is 48.6 Å². The normalized spacial score (nSPS) is 19.1. The molecular formula is C24H31F5N6O. The minimum Gasteiger partial charge on any atom is -0.433 e. The predicted octanol–water partition coefficient (Wildman–Crippen LogP) is 4.84. The highest BCUT2D eigenvalue weighted by Crippen LogP contribution is 2.35. The van der Waals surface area contributed by atoms with Crippen molar-refractivity contribution in [3.63, 3.8) is 0 Å². The molecule has 12 heteroatoms. The zero-order valence-corrected chi connectivity index (χ0v) is 20.2. The Morgan fingerprint density at radius 2 is 1.75 bits per heavy atom. The average molecular weight is 516 g/mol. The van der Waals surface area contributed by atoms with Gasteiger partial charge in [-0.15, -0.1) is 0 Å². The van der Waals surface area contributed by atoms with Crippen LogP contribution in [0.5, 0.6) is 5.75 Å². The van der Waals surface area contributed by atoms with Gasteiger partial charge in [0, 0.05) is 75.5 Å². The number of piperazine rings is 1. The Balaban J connectivity index is 1.42. The fourth-order valence-corrected chi connectivity index (χ4v) is 4.73. The molecule has 3 heterocycles. The van der Waals surface area contributed by atoms with Crippen molar-refractivity contribution in [2.75, 3.05) is 49.5 Å². The van der Waals surface area contributed by atoms with E-state index in [4.69, 9.17) is 1.37 Å². The molecule has 36 heavy (non-hydrogen) atoms. The summed E-state index contributed by atoms with van der Waals surface area (Å²) in [6, 6.07) is 5.73. The first-order valence-corrected chi connectivity index (χ1v) is 12.0. The molecule has 0 aliphatic carbocycles. The van der Waals surface area contributed by atoms with Gasteiger partial charge in [0.25, 0.3) is 0 Å². The van der Waals surface area contributed by atoms with Crippen LogP contribution in [0, 0.1) is 0 Å². The zero-order chi connectivity index (χ0) is 26.7. The molecule has 2 saturated heterocycles. The molecule has 4 rings (SSSR count). The second-order valence-corrected chi connectivity index (χ2v) is 9.28. The first-order valence-electron chi connectivity index (χ1n) is 12.5. The molecule has 2 aromatic rings. The molecule has 2 aliphatic rings. The lowest BCUT2D eigenvalue weighted by Crippen LogP contribution is -2.54. The lowest BCUT2D eigenvalue weighted by Gasteiger charge is -2.44. The van der Waals surface area contributed by atoms with E-state index < -0.39 is 24.5 Å². The summed E-state index contributed by atoms with van der Waals surface area (Å²) in [6.45, 7) is 7.06. The van der Waals surface area contributed by atoms with Gasteiger partial charge in [-0.25, -0.2) is 9.97 Å². The number of piperidine rings is 1. The lowest BCUT2D eigenvalue weighted by molar-refractivity contribution is -0.138. The van der Waals surface area contributed by atoms with Crippen LogP contribution in [0.1, 0.15) is 33.6 Å². The highest BCUT2D eigenvalue weighted by Gasteiger charge is 2.31. The summed E-state index contributed by atoms with van der Waals surface area (Å²) in [5.41, 5.74) is -0.525. The Hall–Kier alpha value is -2.73. The van der Waals surface area contributed by atoms with Gasteiger partial charge in [0.1, 0.15) is 0 Å². The van der Waals surface area contributed by atoms with Crippen molar-refractivity contribution < 1.29 is 28.1 Å². The van der Waals surface area contributed by atoms with Crippen molar-refractivity contribution in [1.82, 2.24) is 19.8 Å². The molecule has 0 amide bonds. The van der Waals surface area contributed by atoms with E-state index in [0.29, 0.717) is 24.0 Å². The smallest absolute Gasteiger partial charge is 0.419 e. The summed E-state index contributed by atoms with van der Waals surface area (Å²) in [4.78, 5) is 14.2. The van der Waals surface area contributed by atoms with Gasteiger partial charge in [-0.3, -0.25) is 9.80 Å². The van der Waals surface area contributed by atoms with Gasteiger partial charge in [0.05, 0.1) is 12.6 Å². The SMILES string of the molecule is [2H]c1nc(Nc2ccc(N3CCC(N4CCN(C(C)C)CC4)CC3)cc2OC(F)F)ncc1C(F)(F)F. The molecule has 0 unspecified atom stereocenters. The second kappa shape index (κ2) is 11.1. The first-order chi connectivity index (χ1) is 17.5. The van der Waals surface area contributed by atoms with Crippen LogP contribution >= 0.6 is 0 Å². The van der Waals surface area contributed by atoms with Crippen molar-refractivity contribution in [1.29, 1.82) is 0 Å². The number of ether oxygens (including phenoxy) is 1. The quantitative estimate of drug-likeness (QED) is 0.530. The number of rotatable bonds is 7. The number of nitrogens with one attached hydrogen (secondary N) is 1. The van der Waals surface area contributed by atoms with Gasteiger partial charge in [-0.1, -0.05) is 0 Å². The third kappa shape index (κ3) is 6.52. The summed E-state index contributed by atoms with van der Waals surface area (Å²) >= 11 is 0. The molecule has 1 aromatic heterocycles. The van der Waals surface area contributed by atoms with E-state index in [0.717, 1.165) is 52.1 Å². The van der Waals surface area contributed by atoms with Crippen molar-refractivity contribution >= 4 is 17.3 Å². The van der Waals surface area contributed by atoms with Crippen LogP contribution in [0.3, 0.4) is 0 Å². The number of hydrogen-bond acceptors (Lipinski definition) is 7. The molecule has 2 aliphatic heterocycles. The molecule has 1 aromatic carbocycles. The molecule has 7 nitrogen and oxygen atoms in total. The zero-order valence-electron chi connectivity index (χ0n) is 21.2. The Labute approximate surface area is 208 Å². The molecule has 0 bridgehead atoms.